The third kappa shape index (κ3) is 5.34. The van der Waals surface area contributed by atoms with Gasteiger partial charge in [0.1, 0.15) is 23.3 Å². The molecule has 4 rings (SSSR count). The highest BCUT2D eigenvalue weighted by atomic mass is 16.5. The number of rotatable bonds is 7. The second-order valence-corrected chi connectivity index (χ2v) is 7.42. The molecule has 1 amide bonds. The number of phenolic OH excluding ortho intramolecular Hbond substituents is 1. The van der Waals surface area contributed by atoms with Crippen LogP contribution < -0.4 is 10.1 Å². The van der Waals surface area contributed by atoms with Crippen LogP contribution in [0.3, 0.4) is 0 Å². The molecule has 7 nitrogen and oxygen atoms in total. The maximum atomic E-state index is 12.7. The lowest BCUT2D eigenvalue weighted by Gasteiger charge is -2.16. The number of amides is 1. The van der Waals surface area contributed by atoms with E-state index in [1.807, 2.05) is 42.5 Å². The minimum absolute atomic E-state index is 0.0864. The van der Waals surface area contributed by atoms with Crippen LogP contribution in [0.1, 0.15) is 22.9 Å². The van der Waals surface area contributed by atoms with Crippen LogP contribution in [-0.4, -0.2) is 33.2 Å². The number of hydrogen-bond donors (Lipinski definition) is 3. The van der Waals surface area contributed by atoms with Crippen molar-refractivity contribution in [3.63, 3.8) is 0 Å². The van der Waals surface area contributed by atoms with Gasteiger partial charge in [0.05, 0.1) is 25.4 Å². The van der Waals surface area contributed by atoms with Crippen molar-refractivity contribution in [1.29, 1.82) is 0 Å². The quantitative estimate of drug-likeness (QED) is 0.399. The van der Waals surface area contributed by atoms with Crippen molar-refractivity contribution in [2.75, 3.05) is 12.4 Å². The van der Waals surface area contributed by atoms with Gasteiger partial charge >= 0.3 is 0 Å². The topological polar surface area (TPSA) is 105 Å². The lowest BCUT2D eigenvalue weighted by atomic mass is 10.1. The summed E-state index contributed by atoms with van der Waals surface area (Å²) in [5, 5.41) is 23.3. The first kappa shape index (κ1) is 22.0. The highest BCUT2D eigenvalue weighted by molar-refractivity contribution is 5.92. The van der Waals surface area contributed by atoms with Gasteiger partial charge in [0.25, 0.3) is 0 Å². The van der Waals surface area contributed by atoms with Gasteiger partial charge in [-0.2, -0.15) is 0 Å². The van der Waals surface area contributed by atoms with Crippen LogP contribution in [-0.2, 0) is 11.2 Å². The van der Waals surface area contributed by atoms with Crippen molar-refractivity contribution in [3.05, 3.63) is 102 Å². The van der Waals surface area contributed by atoms with Crippen molar-refractivity contribution in [3.8, 4) is 22.8 Å². The lowest BCUT2D eigenvalue weighted by Crippen LogP contribution is -2.19. The highest BCUT2D eigenvalue weighted by Crippen LogP contribution is 2.29. The van der Waals surface area contributed by atoms with E-state index in [-0.39, 0.29) is 29.6 Å². The Morgan fingerprint density at radius 2 is 1.70 bits per heavy atom. The smallest absolute Gasteiger partial charge is 0.229 e. The molecule has 0 aliphatic heterocycles. The number of carbonyl (C=O) groups is 1. The van der Waals surface area contributed by atoms with E-state index in [4.69, 9.17) is 4.74 Å². The van der Waals surface area contributed by atoms with Crippen LogP contribution in [0.4, 0.5) is 5.82 Å². The zero-order valence-electron chi connectivity index (χ0n) is 18.0. The fraction of sp³-hybridized carbons (Fsp3) is 0.115. The van der Waals surface area contributed by atoms with Crippen LogP contribution in [0, 0.1) is 0 Å². The fourth-order valence-corrected chi connectivity index (χ4v) is 3.36. The first-order chi connectivity index (χ1) is 16.0. The Bertz CT molecular complexity index is 1230. The summed E-state index contributed by atoms with van der Waals surface area (Å²) in [4.78, 5) is 21.7. The predicted molar refractivity (Wildman–Crippen MR) is 125 cm³/mol. The number of carbonyl (C=O) groups excluding carboxylic acids is 1. The van der Waals surface area contributed by atoms with Gasteiger partial charge in [-0.1, -0.05) is 42.5 Å². The number of phenols is 1. The molecule has 3 aromatic carbocycles. The molecule has 0 radical (unpaired) electrons. The van der Waals surface area contributed by atoms with Crippen LogP contribution in [0.5, 0.6) is 11.5 Å². The normalized spacial score (nSPS) is 11.6. The van der Waals surface area contributed by atoms with E-state index in [0.717, 1.165) is 16.9 Å². The van der Waals surface area contributed by atoms with Crippen LogP contribution in [0.15, 0.2) is 85.1 Å². The zero-order chi connectivity index (χ0) is 23.2. The second-order valence-electron chi connectivity index (χ2n) is 7.42. The average Bonchev–Trinajstić information content (AvgIpc) is 2.86. The number of hydrogen-bond acceptors (Lipinski definition) is 6. The summed E-state index contributed by atoms with van der Waals surface area (Å²) < 4.78 is 5.21. The summed E-state index contributed by atoms with van der Waals surface area (Å²) in [7, 11) is 1.60. The summed E-state index contributed by atoms with van der Waals surface area (Å²) in [6.45, 7) is 0. The molecule has 4 aromatic rings. The number of anilines is 1. The van der Waals surface area contributed by atoms with E-state index in [2.05, 4.69) is 15.3 Å². The van der Waals surface area contributed by atoms with E-state index in [9.17, 15) is 15.0 Å². The van der Waals surface area contributed by atoms with E-state index in [1.165, 1.54) is 12.1 Å². The molecule has 0 fully saturated rings. The number of benzene rings is 3. The molecule has 33 heavy (non-hydrogen) atoms. The van der Waals surface area contributed by atoms with Gasteiger partial charge in [-0.05, 0) is 47.5 Å². The number of nitrogens with zero attached hydrogens (tertiary/aromatic N) is 2. The number of aromatic nitrogens is 2. The molecule has 1 aromatic heterocycles. The molecule has 0 bridgehead atoms. The number of nitrogens with one attached hydrogen (secondary N) is 1. The minimum atomic E-state index is -1.08. The zero-order valence-corrected chi connectivity index (χ0v) is 18.0. The maximum Gasteiger partial charge on any atom is 0.229 e. The molecular weight excluding hydrogens is 418 g/mol. The van der Waals surface area contributed by atoms with Crippen molar-refractivity contribution in [2.24, 2.45) is 0 Å². The number of aromatic hydroxyl groups is 1. The fourth-order valence-electron chi connectivity index (χ4n) is 3.36. The maximum absolute atomic E-state index is 12.7. The summed E-state index contributed by atoms with van der Waals surface area (Å²) in [5.74, 6) is 0.725. The number of aliphatic hydroxyl groups excluding tert-OH is 1. The largest absolute Gasteiger partial charge is 0.508 e. The van der Waals surface area contributed by atoms with Crippen molar-refractivity contribution in [2.45, 2.75) is 12.5 Å². The van der Waals surface area contributed by atoms with E-state index in [1.54, 1.807) is 37.6 Å². The van der Waals surface area contributed by atoms with Gasteiger partial charge in [0, 0.05) is 5.56 Å². The molecule has 0 saturated heterocycles. The van der Waals surface area contributed by atoms with Crippen molar-refractivity contribution < 1.29 is 19.7 Å². The Labute approximate surface area is 191 Å². The second kappa shape index (κ2) is 9.93. The highest BCUT2D eigenvalue weighted by Gasteiger charge is 2.20. The molecule has 166 valence electrons. The van der Waals surface area contributed by atoms with Gasteiger partial charge in [-0.3, -0.25) is 4.79 Å². The molecule has 1 unspecified atom stereocenters. The number of ether oxygens (including phenoxy) is 1. The molecule has 0 saturated carbocycles. The van der Waals surface area contributed by atoms with E-state index >= 15 is 0 Å². The molecule has 1 heterocycles. The third-order valence-corrected chi connectivity index (χ3v) is 5.12. The van der Waals surface area contributed by atoms with Gasteiger partial charge in [0.15, 0.2) is 5.82 Å². The summed E-state index contributed by atoms with van der Waals surface area (Å²) in [5.41, 5.74) is 2.96. The van der Waals surface area contributed by atoms with Crippen molar-refractivity contribution >= 4 is 11.7 Å². The standard InChI is InChI=1S/C26H23N3O4/c1-33-21-13-9-18(10-14-21)22-16-27-26(24(28-22)25(32)19-5-3-2-4-6-19)29-23(31)15-17-7-11-20(30)12-8-17/h2-14,16,25,30,32H,15H2,1H3,(H,27,29,31). The molecule has 0 spiro atoms. The SMILES string of the molecule is COc1ccc(-c2cnc(NC(=O)Cc3ccc(O)cc3)c(C(O)c3ccccc3)n2)cc1. The van der Waals surface area contributed by atoms with Crippen LogP contribution >= 0.6 is 0 Å². The molecule has 3 N–H and O–H groups in total. The molecule has 0 aliphatic rings. The average molecular weight is 441 g/mol. The Kier molecular flexibility index (Phi) is 6.61. The molecular formula is C26H23N3O4. The van der Waals surface area contributed by atoms with Gasteiger partial charge in [0.2, 0.25) is 5.91 Å². The summed E-state index contributed by atoms with van der Waals surface area (Å²) in [6, 6.07) is 22.8. The summed E-state index contributed by atoms with van der Waals surface area (Å²) in [6.07, 6.45) is 0.559. The number of aliphatic hydroxyl groups is 1. The first-order valence-electron chi connectivity index (χ1n) is 10.4. The Balaban J connectivity index is 1.65. The number of methoxy groups -OCH3 is 1. The van der Waals surface area contributed by atoms with Gasteiger partial charge in [-0.15, -0.1) is 0 Å². The first-order valence-corrected chi connectivity index (χ1v) is 10.4. The Morgan fingerprint density at radius 1 is 1.00 bits per heavy atom. The van der Waals surface area contributed by atoms with Crippen LogP contribution in [0.2, 0.25) is 0 Å². The van der Waals surface area contributed by atoms with Crippen LogP contribution in [0.25, 0.3) is 11.3 Å². The summed E-state index contributed by atoms with van der Waals surface area (Å²) >= 11 is 0. The van der Waals surface area contributed by atoms with Gasteiger partial charge in [-0.25, -0.2) is 9.97 Å². The van der Waals surface area contributed by atoms with E-state index < -0.39 is 6.10 Å². The predicted octanol–water partition coefficient (Wildman–Crippen LogP) is 4.12. The molecule has 1 atom stereocenters. The van der Waals surface area contributed by atoms with Crippen molar-refractivity contribution in [1.82, 2.24) is 9.97 Å². The van der Waals surface area contributed by atoms with Gasteiger partial charge < -0.3 is 20.3 Å². The third-order valence-electron chi connectivity index (χ3n) is 5.12. The van der Waals surface area contributed by atoms with E-state index in [0.29, 0.717) is 11.3 Å². The molecule has 0 aliphatic carbocycles. The minimum Gasteiger partial charge on any atom is -0.508 e. The monoisotopic (exact) mass is 441 g/mol. The Hall–Kier alpha value is -4.23. The Morgan fingerprint density at radius 3 is 2.36 bits per heavy atom. The lowest BCUT2D eigenvalue weighted by molar-refractivity contribution is -0.115. The molecule has 7 heteroatoms.